The first kappa shape index (κ1) is 25.0. The minimum Gasteiger partial charge on any atom is -0.478 e. The van der Waals surface area contributed by atoms with Crippen molar-refractivity contribution in [3.63, 3.8) is 0 Å². The van der Waals surface area contributed by atoms with E-state index in [-0.39, 0.29) is 21.8 Å². The number of carboxylic acids is 1. The molecule has 4 rings (SSSR count). The number of hydrogen-bond acceptors (Lipinski definition) is 6. The van der Waals surface area contributed by atoms with Crippen LogP contribution in [0.1, 0.15) is 34.3 Å². The molecule has 0 unspecified atom stereocenters. The highest BCUT2D eigenvalue weighted by Crippen LogP contribution is 2.32. The summed E-state index contributed by atoms with van der Waals surface area (Å²) in [5, 5.41) is 18.5. The van der Waals surface area contributed by atoms with Crippen molar-refractivity contribution in [3.8, 4) is 0 Å². The number of aromatic carboxylic acids is 1. The molecule has 2 aromatic carbocycles. The van der Waals surface area contributed by atoms with Gasteiger partial charge in [0.1, 0.15) is 4.90 Å². The van der Waals surface area contributed by atoms with Crippen molar-refractivity contribution in [1.29, 1.82) is 0 Å². The molecule has 11 heteroatoms. The van der Waals surface area contributed by atoms with Crippen molar-refractivity contribution in [2.24, 2.45) is 0 Å². The number of rotatable bonds is 8. The Bertz CT molecular complexity index is 1190. The van der Waals surface area contributed by atoms with Crippen LogP contribution in [0.4, 0.5) is 16.2 Å². The van der Waals surface area contributed by atoms with Crippen molar-refractivity contribution < 1.29 is 23.1 Å². The number of anilines is 2. The fraction of sp³-hybridized carbons (Fsp3) is 0.417. The number of benzene rings is 2. The van der Waals surface area contributed by atoms with Gasteiger partial charge in [-0.05, 0) is 55.0 Å². The van der Waals surface area contributed by atoms with E-state index in [1.165, 1.54) is 18.2 Å². The van der Waals surface area contributed by atoms with E-state index in [0.717, 1.165) is 51.0 Å². The molecule has 0 atom stereocenters. The quantitative estimate of drug-likeness (QED) is 0.373. The summed E-state index contributed by atoms with van der Waals surface area (Å²) in [4.78, 5) is 26.6. The maximum atomic E-state index is 13.3. The zero-order valence-corrected chi connectivity index (χ0v) is 20.3. The number of fused-ring (bicyclic) bond motifs is 1. The summed E-state index contributed by atoms with van der Waals surface area (Å²) >= 11 is 0. The third-order valence-corrected chi connectivity index (χ3v) is 7.76. The summed E-state index contributed by atoms with van der Waals surface area (Å²) in [6.45, 7) is 4.79. The Morgan fingerprint density at radius 3 is 2.51 bits per heavy atom. The van der Waals surface area contributed by atoms with Gasteiger partial charge >= 0.3 is 12.0 Å². The van der Waals surface area contributed by atoms with Gasteiger partial charge in [-0.1, -0.05) is 18.2 Å². The van der Waals surface area contributed by atoms with Gasteiger partial charge in [0.15, 0.2) is 0 Å². The van der Waals surface area contributed by atoms with Crippen LogP contribution in [0.2, 0.25) is 0 Å². The molecule has 188 valence electrons. The van der Waals surface area contributed by atoms with Crippen molar-refractivity contribution in [3.05, 3.63) is 53.1 Å². The third-order valence-electron chi connectivity index (χ3n) is 6.34. The molecule has 2 aromatic rings. The van der Waals surface area contributed by atoms with Crippen molar-refractivity contribution in [1.82, 2.24) is 15.5 Å². The Labute approximate surface area is 205 Å². The first-order valence-electron chi connectivity index (χ1n) is 11.8. The fourth-order valence-electron chi connectivity index (χ4n) is 4.59. The molecule has 2 aliphatic rings. The molecule has 1 heterocycles. The standard InChI is InChI=1S/C24H31N5O5S/c30-23(31)22-18-6-2-1-5-17(18)9-10-20(22)28-35(33,34)21-8-4-3-7-19(21)27-24(32)26-13-16-29-14-11-25-12-15-29/h3-4,7-10,25,28H,1-2,5-6,11-16H2,(H,30,31)(H2,26,27,32). The Kier molecular flexibility index (Phi) is 7.89. The molecule has 5 N–H and O–H groups in total. The van der Waals surface area contributed by atoms with Gasteiger partial charge in [0, 0.05) is 39.3 Å². The van der Waals surface area contributed by atoms with Gasteiger partial charge in [-0.15, -0.1) is 0 Å². The van der Waals surface area contributed by atoms with Gasteiger partial charge < -0.3 is 21.1 Å². The Morgan fingerprint density at radius 1 is 1.00 bits per heavy atom. The number of amides is 2. The van der Waals surface area contributed by atoms with Gasteiger partial charge in [0.2, 0.25) is 0 Å². The smallest absolute Gasteiger partial charge is 0.338 e. The molecule has 0 aromatic heterocycles. The maximum absolute atomic E-state index is 13.3. The highest BCUT2D eigenvalue weighted by Gasteiger charge is 2.26. The van der Waals surface area contributed by atoms with E-state index in [0.29, 0.717) is 25.1 Å². The van der Waals surface area contributed by atoms with Crippen LogP contribution in [0, 0.1) is 0 Å². The van der Waals surface area contributed by atoms with Gasteiger partial charge in [-0.3, -0.25) is 9.62 Å². The van der Waals surface area contributed by atoms with E-state index in [9.17, 15) is 23.1 Å². The molecule has 10 nitrogen and oxygen atoms in total. The van der Waals surface area contributed by atoms with E-state index in [2.05, 4.69) is 25.6 Å². The lowest BCUT2D eigenvalue weighted by Gasteiger charge is -2.27. The van der Waals surface area contributed by atoms with Crippen LogP contribution in [-0.4, -0.2) is 69.7 Å². The fourth-order valence-corrected chi connectivity index (χ4v) is 5.83. The molecular formula is C24H31N5O5S. The maximum Gasteiger partial charge on any atom is 0.338 e. The minimum absolute atomic E-state index is 0.0122. The van der Waals surface area contributed by atoms with Crippen LogP contribution in [0.25, 0.3) is 0 Å². The van der Waals surface area contributed by atoms with Crippen LogP contribution in [-0.2, 0) is 22.9 Å². The second-order valence-electron chi connectivity index (χ2n) is 8.71. The largest absolute Gasteiger partial charge is 0.478 e. The van der Waals surface area contributed by atoms with E-state index < -0.39 is 22.0 Å². The van der Waals surface area contributed by atoms with Gasteiger partial charge in [-0.2, -0.15) is 0 Å². The summed E-state index contributed by atoms with van der Waals surface area (Å²) in [6.07, 6.45) is 3.21. The minimum atomic E-state index is -4.18. The van der Waals surface area contributed by atoms with Gasteiger partial charge in [0.05, 0.1) is 16.9 Å². The lowest BCUT2D eigenvalue weighted by Crippen LogP contribution is -2.46. The molecule has 1 aliphatic carbocycles. The lowest BCUT2D eigenvalue weighted by molar-refractivity contribution is 0.0696. The highest BCUT2D eigenvalue weighted by atomic mass is 32.2. The number of carbonyl (C=O) groups is 2. The van der Waals surface area contributed by atoms with Crippen LogP contribution in [0.5, 0.6) is 0 Å². The monoisotopic (exact) mass is 501 g/mol. The van der Waals surface area contributed by atoms with E-state index >= 15 is 0 Å². The summed E-state index contributed by atoms with van der Waals surface area (Å²) in [6, 6.07) is 8.82. The Morgan fingerprint density at radius 2 is 1.74 bits per heavy atom. The number of aryl methyl sites for hydroxylation is 1. The summed E-state index contributed by atoms with van der Waals surface area (Å²) in [7, 11) is -4.18. The number of hydrogen-bond donors (Lipinski definition) is 5. The molecular weight excluding hydrogens is 470 g/mol. The summed E-state index contributed by atoms with van der Waals surface area (Å²) < 4.78 is 29.0. The first-order chi connectivity index (χ1) is 16.8. The molecule has 0 radical (unpaired) electrons. The number of urea groups is 1. The molecule has 0 saturated carbocycles. The highest BCUT2D eigenvalue weighted by molar-refractivity contribution is 7.92. The molecule has 0 spiro atoms. The van der Waals surface area contributed by atoms with Crippen LogP contribution in [0.3, 0.4) is 0 Å². The predicted molar refractivity (Wildman–Crippen MR) is 134 cm³/mol. The zero-order valence-electron chi connectivity index (χ0n) is 19.5. The number of nitrogens with zero attached hydrogens (tertiary/aromatic N) is 1. The SMILES string of the molecule is O=C(NCCN1CCNCC1)Nc1ccccc1S(=O)(=O)Nc1ccc2c(c1C(=O)O)CCCC2. The number of carboxylic acid groups (broad SMARTS) is 1. The average Bonchev–Trinajstić information content (AvgIpc) is 2.84. The summed E-state index contributed by atoms with van der Waals surface area (Å²) in [5.74, 6) is -1.17. The number of para-hydroxylation sites is 1. The molecule has 0 bridgehead atoms. The molecule has 35 heavy (non-hydrogen) atoms. The molecule has 1 aliphatic heterocycles. The predicted octanol–water partition coefficient (Wildman–Crippen LogP) is 2.09. The first-order valence-corrected chi connectivity index (χ1v) is 13.3. The second-order valence-corrected chi connectivity index (χ2v) is 10.4. The van der Waals surface area contributed by atoms with Crippen LogP contribution >= 0.6 is 0 Å². The van der Waals surface area contributed by atoms with Crippen molar-refractivity contribution in [2.75, 3.05) is 49.3 Å². The zero-order chi connectivity index (χ0) is 24.8. The van der Waals surface area contributed by atoms with Crippen molar-refractivity contribution >= 4 is 33.4 Å². The average molecular weight is 502 g/mol. The number of nitrogens with one attached hydrogen (secondary N) is 4. The Hall–Kier alpha value is -3.15. The van der Waals surface area contributed by atoms with E-state index in [1.807, 2.05) is 0 Å². The second kappa shape index (κ2) is 11.1. The normalized spacial score (nSPS) is 16.2. The number of piperazine rings is 1. The topological polar surface area (TPSA) is 140 Å². The van der Waals surface area contributed by atoms with Gasteiger partial charge in [-0.25, -0.2) is 18.0 Å². The summed E-state index contributed by atoms with van der Waals surface area (Å²) in [5.41, 5.74) is 1.74. The van der Waals surface area contributed by atoms with Gasteiger partial charge in [0.25, 0.3) is 10.0 Å². The van der Waals surface area contributed by atoms with E-state index in [1.54, 1.807) is 18.2 Å². The molecule has 1 saturated heterocycles. The van der Waals surface area contributed by atoms with E-state index in [4.69, 9.17) is 0 Å². The Balaban J connectivity index is 1.48. The molecule has 2 amide bonds. The van der Waals surface area contributed by atoms with Crippen LogP contribution in [0.15, 0.2) is 41.3 Å². The number of sulfonamides is 1. The number of carbonyl (C=O) groups excluding carboxylic acids is 1. The third kappa shape index (κ3) is 6.11. The lowest BCUT2D eigenvalue weighted by atomic mass is 9.87. The molecule has 1 fully saturated rings. The van der Waals surface area contributed by atoms with Crippen molar-refractivity contribution in [2.45, 2.75) is 30.6 Å². The van der Waals surface area contributed by atoms with Crippen LogP contribution < -0.4 is 20.7 Å².